The Bertz CT molecular complexity index is 272. The van der Waals surface area contributed by atoms with Crippen LogP contribution in [0.4, 0.5) is 0 Å². The molecule has 1 atom stereocenters. The van der Waals surface area contributed by atoms with E-state index in [-0.39, 0.29) is 0 Å². The smallest absolute Gasteiger partial charge is 0.157 e. The number of hydrogen-bond acceptors (Lipinski definition) is 4. The molecule has 4 heteroatoms. The maximum absolute atomic E-state index is 5.26. The molecule has 0 aromatic rings. The summed E-state index contributed by atoms with van der Waals surface area (Å²) in [5.41, 5.74) is 0. The third-order valence-electron chi connectivity index (χ3n) is 3.58. The van der Waals surface area contributed by atoms with E-state index in [1.165, 1.54) is 18.0 Å². The highest BCUT2D eigenvalue weighted by atomic mass is 32.2. The highest BCUT2D eigenvalue weighted by molar-refractivity contribution is 8.14. The molecule has 3 rings (SSSR count). The zero-order valence-corrected chi connectivity index (χ0v) is 9.93. The molecule has 3 aliphatic rings. The van der Waals surface area contributed by atoms with Crippen LogP contribution < -0.4 is 5.32 Å². The minimum Gasteiger partial charge on any atom is -0.381 e. The maximum atomic E-state index is 5.26. The van der Waals surface area contributed by atoms with Crippen LogP contribution in [0, 0.1) is 5.92 Å². The van der Waals surface area contributed by atoms with Gasteiger partial charge in [0, 0.05) is 18.4 Å². The maximum Gasteiger partial charge on any atom is 0.157 e. The van der Waals surface area contributed by atoms with Gasteiger partial charge in [-0.15, -0.1) is 0 Å². The third kappa shape index (κ3) is 2.16. The lowest BCUT2D eigenvalue weighted by Crippen LogP contribution is -2.46. The Labute approximate surface area is 95.1 Å². The van der Waals surface area contributed by atoms with Crippen molar-refractivity contribution in [1.82, 2.24) is 5.32 Å². The van der Waals surface area contributed by atoms with E-state index in [4.69, 9.17) is 4.74 Å². The molecule has 0 aromatic carbocycles. The van der Waals surface area contributed by atoms with Crippen LogP contribution in [0.3, 0.4) is 0 Å². The Balaban J connectivity index is 1.41. The fourth-order valence-electron chi connectivity index (χ4n) is 2.23. The largest absolute Gasteiger partial charge is 0.381 e. The van der Waals surface area contributed by atoms with Crippen LogP contribution in [-0.4, -0.2) is 36.2 Å². The number of amidine groups is 1. The van der Waals surface area contributed by atoms with Crippen molar-refractivity contribution in [2.75, 3.05) is 13.7 Å². The van der Waals surface area contributed by atoms with Crippen molar-refractivity contribution in [3.05, 3.63) is 0 Å². The van der Waals surface area contributed by atoms with Crippen LogP contribution in [-0.2, 0) is 4.74 Å². The van der Waals surface area contributed by atoms with Crippen molar-refractivity contribution in [2.45, 2.75) is 43.1 Å². The highest BCUT2D eigenvalue weighted by Gasteiger charge is 2.37. The number of methoxy groups -OCH3 is 1. The van der Waals surface area contributed by atoms with Gasteiger partial charge in [-0.3, -0.25) is 4.99 Å². The zero-order valence-electron chi connectivity index (χ0n) is 9.11. The van der Waals surface area contributed by atoms with Crippen molar-refractivity contribution < 1.29 is 4.74 Å². The summed E-state index contributed by atoms with van der Waals surface area (Å²) in [4.78, 5) is 4.58. The summed E-state index contributed by atoms with van der Waals surface area (Å²) in [6.07, 6.45) is 5.62. The first-order valence-corrected chi connectivity index (χ1v) is 6.73. The van der Waals surface area contributed by atoms with Gasteiger partial charge in [-0.05, 0) is 31.6 Å². The molecule has 3 nitrogen and oxygen atoms in total. The number of thioether (sulfide) groups is 1. The van der Waals surface area contributed by atoms with E-state index in [0.29, 0.717) is 12.1 Å². The molecule has 1 N–H and O–H groups in total. The first kappa shape index (κ1) is 9.97. The Kier molecular flexibility index (Phi) is 2.64. The molecule has 0 bridgehead atoms. The van der Waals surface area contributed by atoms with Gasteiger partial charge < -0.3 is 10.1 Å². The molecule has 0 amide bonds. The fourth-order valence-corrected chi connectivity index (χ4v) is 3.52. The molecule has 2 fully saturated rings. The molecule has 15 heavy (non-hydrogen) atoms. The fraction of sp³-hybridized carbons (Fsp3) is 0.909. The average Bonchev–Trinajstić information content (AvgIpc) is 2.92. The number of ether oxygens (including phenoxy) is 1. The van der Waals surface area contributed by atoms with E-state index in [2.05, 4.69) is 10.3 Å². The van der Waals surface area contributed by atoms with Crippen LogP contribution in [0.25, 0.3) is 0 Å². The molecule has 0 aromatic heterocycles. The average molecular weight is 226 g/mol. The van der Waals surface area contributed by atoms with Gasteiger partial charge in [-0.2, -0.15) is 0 Å². The van der Waals surface area contributed by atoms with Crippen molar-refractivity contribution in [1.29, 1.82) is 0 Å². The standard InChI is InChI=1S/C11H18N2OS/c1-14-9-4-8(5-9)13-11-12-6-10(15-11)7-2-3-7/h7-10H,2-6H2,1H3,(H,12,13). The van der Waals surface area contributed by atoms with Crippen LogP contribution in [0.15, 0.2) is 4.99 Å². The highest BCUT2D eigenvalue weighted by Crippen LogP contribution is 2.41. The molecule has 1 unspecified atom stereocenters. The van der Waals surface area contributed by atoms with Crippen molar-refractivity contribution in [3.63, 3.8) is 0 Å². The number of rotatable bonds is 3. The summed E-state index contributed by atoms with van der Waals surface area (Å²) in [5, 5.41) is 5.49. The molecule has 0 saturated heterocycles. The van der Waals surface area contributed by atoms with Crippen LogP contribution >= 0.6 is 11.8 Å². The summed E-state index contributed by atoms with van der Waals surface area (Å²) in [6.45, 7) is 1.04. The first-order valence-electron chi connectivity index (χ1n) is 5.85. The summed E-state index contributed by atoms with van der Waals surface area (Å²) in [7, 11) is 1.80. The zero-order chi connectivity index (χ0) is 10.3. The van der Waals surface area contributed by atoms with Crippen LogP contribution in [0.5, 0.6) is 0 Å². The molecule has 0 spiro atoms. The summed E-state index contributed by atoms with van der Waals surface area (Å²) in [6, 6.07) is 0.610. The van der Waals surface area contributed by atoms with Crippen molar-refractivity contribution in [2.24, 2.45) is 10.9 Å². The Morgan fingerprint density at radius 2 is 2.20 bits per heavy atom. The predicted molar refractivity (Wildman–Crippen MR) is 63.4 cm³/mol. The quantitative estimate of drug-likeness (QED) is 0.794. The van der Waals surface area contributed by atoms with Gasteiger partial charge in [0.1, 0.15) is 0 Å². The second-order valence-electron chi connectivity index (χ2n) is 4.81. The summed E-state index contributed by atoms with van der Waals surface area (Å²) >= 11 is 1.97. The number of aliphatic imine (C=N–C) groups is 1. The lowest BCUT2D eigenvalue weighted by atomic mass is 9.89. The van der Waals surface area contributed by atoms with E-state index >= 15 is 0 Å². The molecular weight excluding hydrogens is 208 g/mol. The molecule has 84 valence electrons. The van der Waals surface area contributed by atoms with E-state index in [1.807, 2.05) is 11.8 Å². The summed E-state index contributed by atoms with van der Waals surface area (Å²) in [5.74, 6) is 0.964. The lowest BCUT2D eigenvalue weighted by molar-refractivity contribution is 0.0228. The summed E-state index contributed by atoms with van der Waals surface area (Å²) < 4.78 is 5.26. The number of nitrogens with zero attached hydrogens (tertiary/aromatic N) is 1. The van der Waals surface area contributed by atoms with Crippen LogP contribution in [0.1, 0.15) is 25.7 Å². The van der Waals surface area contributed by atoms with E-state index in [1.54, 1.807) is 7.11 Å². The first-order chi connectivity index (χ1) is 7.35. The molecule has 1 heterocycles. The van der Waals surface area contributed by atoms with Gasteiger partial charge >= 0.3 is 0 Å². The molecule has 1 aliphatic heterocycles. The third-order valence-corrected chi connectivity index (χ3v) is 4.89. The molecule has 2 saturated carbocycles. The Morgan fingerprint density at radius 1 is 1.40 bits per heavy atom. The van der Waals surface area contributed by atoms with Gasteiger partial charge in [-0.1, -0.05) is 11.8 Å². The SMILES string of the molecule is COC1CC(NC2=NCC(C3CC3)S2)C1. The van der Waals surface area contributed by atoms with Gasteiger partial charge in [0.2, 0.25) is 0 Å². The molecule has 2 aliphatic carbocycles. The van der Waals surface area contributed by atoms with Crippen molar-refractivity contribution >= 4 is 16.9 Å². The minimum atomic E-state index is 0.480. The van der Waals surface area contributed by atoms with Gasteiger partial charge in [-0.25, -0.2) is 0 Å². The molecular formula is C11H18N2OS. The Morgan fingerprint density at radius 3 is 2.87 bits per heavy atom. The van der Waals surface area contributed by atoms with Crippen LogP contribution in [0.2, 0.25) is 0 Å². The second-order valence-corrected chi connectivity index (χ2v) is 6.04. The Hall–Kier alpha value is -0.220. The second kappa shape index (κ2) is 3.98. The lowest BCUT2D eigenvalue weighted by Gasteiger charge is -2.35. The van der Waals surface area contributed by atoms with E-state index < -0.39 is 0 Å². The topological polar surface area (TPSA) is 33.6 Å². The monoisotopic (exact) mass is 226 g/mol. The van der Waals surface area contributed by atoms with E-state index in [0.717, 1.165) is 30.6 Å². The minimum absolute atomic E-state index is 0.480. The normalized spacial score (nSPS) is 39.8. The number of hydrogen-bond donors (Lipinski definition) is 1. The van der Waals surface area contributed by atoms with Crippen molar-refractivity contribution in [3.8, 4) is 0 Å². The van der Waals surface area contributed by atoms with Gasteiger partial charge in [0.05, 0.1) is 12.6 Å². The van der Waals surface area contributed by atoms with E-state index in [9.17, 15) is 0 Å². The predicted octanol–water partition coefficient (Wildman–Crippen LogP) is 1.63. The van der Waals surface area contributed by atoms with Gasteiger partial charge in [0.15, 0.2) is 5.17 Å². The number of nitrogens with one attached hydrogen (secondary N) is 1. The molecule has 0 radical (unpaired) electrons. The van der Waals surface area contributed by atoms with Gasteiger partial charge in [0.25, 0.3) is 0 Å².